The molecular weight excluding hydrogens is 391 g/mol. The number of aryl methyl sites for hydroxylation is 2. The summed E-state index contributed by atoms with van der Waals surface area (Å²) in [6.07, 6.45) is -1.44. The molecule has 144 valence electrons. The Morgan fingerprint density at radius 2 is 1.93 bits per heavy atom. The first-order valence-electron chi connectivity index (χ1n) is 8.42. The van der Waals surface area contributed by atoms with Gasteiger partial charge in [-0.2, -0.15) is 23.4 Å². The molecule has 9 heteroatoms. The number of fused-ring (bicyclic) bond motifs is 1. The van der Waals surface area contributed by atoms with Crippen LogP contribution < -0.4 is 0 Å². The first-order valence-corrected chi connectivity index (χ1v) is 8.79. The Labute approximate surface area is 163 Å². The summed E-state index contributed by atoms with van der Waals surface area (Å²) in [7, 11) is 1.69. The van der Waals surface area contributed by atoms with Crippen molar-refractivity contribution in [2.45, 2.75) is 19.6 Å². The second-order valence-electron chi connectivity index (χ2n) is 6.49. The molecule has 4 aromatic rings. The van der Waals surface area contributed by atoms with Crippen LogP contribution in [0.3, 0.4) is 0 Å². The van der Waals surface area contributed by atoms with E-state index in [1.165, 1.54) is 15.6 Å². The maximum Gasteiger partial charge on any atom is 0.417 e. The fourth-order valence-corrected chi connectivity index (χ4v) is 3.37. The molecule has 4 rings (SSSR count). The molecule has 0 saturated carbocycles. The van der Waals surface area contributed by atoms with Gasteiger partial charge in [0.2, 0.25) is 0 Å². The van der Waals surface area contributed by atoms with E-state index < -0.39 is 11.7 Å². The lowest BCUT2D eigenvalue weighted by molar-refractivity contribution is -0.136. The van der Waals surface area contributed by atoms with Crippen molar-refractivity contribution in [1.29, 1.82) is 0 Å². The Balaban J connectivity index is 1.96. The van der Waals surface area contributed by atoms with Gasteiger partial charge in [0.15, 0.2) is 5.65 Å². The van der Waals surface area contributed by atoms with Crippen LogP contribution in [-0.4, -0.2) is 24.5 Å². The molecule has 0 saturated heterocycles. The molecular formula is C19H15ClF3N5. The first kappa shape index (κ1) is 18.5. The average Bonchev–Trinajstić information content (AvgIpc) is 3.19. The van der Waals surface area contributed by atoms with Gasteiger partial charge in [-0.1, -0.05) is 29.8 Å². The lowest BCUT2D eigenvalue weighted by atomic mass is 10.1. The highest BCUT2D eigenvalue weighted by atomic mass is 35.5. The number of aromatic nitrogens is 5. The van der Waals surface area contributed by atoms with Crippen LogP contribution in [-0.2, 0) is 19.8 Å². The highest BCUT2D eigenvalue weighted by molar-refractivity contribution is 6.31. The van der Waals surface area contributed by atoms with Crippen LogP contribution in [0.25, 0.3) is 22.3 Å². The lowest BCUT2D eigenvalue weighted by Gasteiger charge is -2.11. The molecule has 0 aliphatic heterocycles. The molecule has 0 aliphatic rings. The minimum Gasteiger partial charge on any atom is -0.275 e. The molecule has 28 heavy (non-hydrogen) atoms. The van der Waals surface area contributed by atoms with Gasteiger partial charge in [-0.3, -0.25) is 4.68 Å². The molecule has 5 nitrogen and oxygen atoms in total. The maximum absolute atomic E-state index is 13.8. The Morgan fingerprint density at radius 3 is 2.57 bits per heavy atom. The summed E-state index contributed by atoms with van der Waals surface area (Å²) in [5.74, 6) is 0. The van der Waals surface area contributed by atoms with Crippen molar-refractivity contribution < 1.29 is 13.2 Å². The van der Waals surface area contributed by atoms with Crippen molar-refractivity contribution in [1.82, 2.24) is 24.5 Å². The van der Waals surface area contributed by atoms with Gasteiger partial charge < -0.3 is 0 Å². The highest BCUT2D eigenvalue weighted by Gasteiger charge is 2.35. The molecule has 3 heterocycles. The van der Waals surface area contributed by atoms with Crippen LogP contribution in [0.2, 0.25) is 5.02 Å². The van der Waals surface area contributed by atoms with Gasteiger partial charge in [-0.25, -0.2) is 9.67 Å². The monoisotopic (exact) mass is 405 g/mol. The van der Waals surface area contributed by atoms with E-state index in [1.807, 2.05) is 6.07 Å². The molecule has 0 unspecified atom stereocenters. The van der Waals surface area contributed by atoms with Crippen molar-refractivity contribution in [3.05, 3.63) is 64.6 Å². The predicted octanol–water partition coefficient (Wildman–Crippen LogP) is 4.86. The second-order valence-corrected chi connectivity index (χ2v) is 6.90. The van der Waals surface area contributed by atoms with Crippen molar-refractivity contribution in [3.63, 3.8) is 0 Å². The molecule has 0 bridgehead atoms. The third kappa shape index (κ3) is 3.24. The van der Waals surface area contributed by atoms with E-state index in [9.17, 15) is 13.2 Å². The van der Waals surface area contributed by atoms with Crippen LogP contribution >= 0.6 is 11.6 Å². The minimum absolute atomic E-state index is 0.00723. The van der Waals surface area contributed by atoms with Crippen LogP contribution in [0.5, 0.6) is 0 Å². The molecule has 3 aromatic heterocycles. The summed E-state index contributed by atoms with van der Waals surface area (Å²) in [6.45, 7) is 1.76. The Morgan fingerprint density at radius 1 is 1.18 bits per heavy atom. The highest BCUT2D eigenvalue weighted by Crippen LogP contribution is 2.38. The zero-order valence-corrected chi connectivity index (χ0v) is 15.8. The Kier molecular flexibility index (Phi) is 4.38. The molecule has 1 aromatic carbocycles. The van der Waals surface area contributed by atoms with Crippen LogP contribution in [0.15, 0.2) is 42.7 Å². The van der Waals surface area contributed by atoms with Crippen molar-refractivity contribution in [3.8, 4) is 11.3 Å². The van der Waals surface area contributed by atoms with E-state index in [1.54, 1.807) is 38.4 Å². The van der Waals surface area contributed by atoms with Crippen LogP contribution in [0.1, 0.15) is 16.8 Å². The van der Waals surface area contributed by atoms with Gasteiger partial charge in [-0.05, 0) is 24.6 Å². The van der Waals surface area contributed by atoms with Crippen molar-refractivity contribution in [2.24, 2.45) is 7.05 Å². The number of rotatable bonds is 3. The fourth-order valence-electron chi connectivity index (χ4n) is 3.18. The summed E-state index contributed by atoms with van der Waals surface area (Å²) in [4.78, 5) is 4.48. The molecule has 0 fully saturated rings. The summed E-state index contributed by atoms with van der Waals surface area (Å²) >= 11 is 6.21. The number of hydrogen-bond donors (Lipinski definition) is 0. The van der Waals surface area contributed by atoms with Gasteiger partial charge in [0.1, 0.15) is 0 Å². The summed E-state index contributed by atoms with van der Waals surface area (Å²) in [5, 5.41) is 8.85. The predicted molar refractivity (Wildman–Crippen MR) is 100 cm³/mol. The third-order valence-electron chi connectivity index (χ3n) is 4.46. The fraction of sp³-hybridized carbons (Fsp3) is 0.211. The largest absolute Gasteiger partial charge is 0.417 e. The average molecular weight is 406 g/mol. The Hall–Kier alpha value is -2.87. The third-order valence-corrected chi connectivity index (χ3v) is 4.83. The smallest absolute Gasteiger partial charge is 0.275 e. The number of halogens is 4. The zero-order valence-electron chi connectivity index (χ0n) is 15.0. The molecule has 0 N–H and O–H groups in total. The standard InChI is InChI=1S/C19H15ClF3N5/c1-11-17-14(19(21,22)23)7-16(13-8-24-27(2)9-13)25-18(17)28(26-11)10-12-5-3-4-6-15(12)20/h3-9H,10H2,1-2H3. The normalized spacial score (nSPS) is 12.1. The number of benzene rings is 1. The van der Waals surface area contributed by atoms with Crippen LogP contribution in [0, 0.1) is 6.92 Å². The summed E-state index contributed by atoms with van der Waals surface area (Å²) in [5.41, 5.74) is 1.09. The van der Waals surface area contributed by atoms with E-state index in [4.69, 9.17) is 11.6 Å². The van der Waals surface area contributed by atoms with Crippen molar-refractivity contribution >= 4 is 22.6 Å². The number of nitrogens with zero attached hydrogens (tertiary/aromatic N) is 5. The first-order chi connectivity index (χ1) is 13.2. The Bertz CT molecular complexity index is 1180. The van der Waals surface area contributed by atoms with Gasteiger partial charge in [-0.15, -0.1) is 0 Å². The molecule has 0 aliphatic carbocycles. The quantitative estimate of drug-likeness (QED) is 0.489. The van der Waals surface area contributed by atoms with E-state index >= 15 is 0 Å². The van der Waals surface area contributed by atoms with Crippen LogP contribution in [0.4, 0.5) is 13.2 Å². The van der Waals surface area contributed by atoms with Crippen molar-refractivity contribution in [2.75, 3.05) is 0 Å². The SMILES string of the molecule is Cc1nn(Cc2ccccc2Cl)c2nc(-c3cnn(C)c3)cc(C(F)(F)F)c12. The summed E-state index contributed by atoms with van der Waals surface area (Å²) < 4.78 is 44.4. The summed E-state index contributed by atoms with van der Waals surface area (Å²) in [6, 6.07) is 8.19. The lowest BCUT2D eigenvalue weighted by Crippen LogP contribution is -2.08. The van der Waals surface area contributed by atoms with Gasteiger partial charge >= 0.3 is 6.18 Å². The maximum atomic E-state index is 13.8. The second kappa shape index (κ2) is 6.63. The molecule has 0 spiro atoms. The molecule has 0 atom stereocenters. The van der Waals surface area contributed by atoms with Gasteiger partial charge in [0.05, 0.1) is 35.1 Å². The van der Waals surface area contributed by atoms with E-state index in [0.29, 0.717) is 10.6 Å². The zero-order chi connectivity index (χ0) is 20.1. The number of hydrogen-bond acceptors (Lipinski definition) is 3. The van der Waals surface area contributed by atoms with E-state index in [2.05, 4.69) is 15.2 Å². The number of pyridine rings is 1. The number of alkyl halides is 3. The van der Waals surface area contributed by atoms with Gasteiger partial charge in [0.25, 0.3) is 0 Å². The minimum atomic E-state index is -4.54. The van der Waals surface area contributed by atoms with Gasteiger partial charge in [0, 0.05) is 23.8 Å². The van der Waals surface area contributed by atoms with E-state index in [0.717, 1.165) is 11.6 Å². The molecule has 0 amide bonds. The molecule has 0 radical (unpaired) electrons. The van der Waals surface area contributed by atoms with E-state index in [-0.39, 0.29) is 29.0 Å². The topological polar surface area (TPSA) is 48.5 Å².